The average molecular weight is 651 g/mol. The number of allylic oxidation sites excluding steroid dienone is 5. The predicted molar refractivity (Wildman–Crippen MR) is 214 cm³/mol. The monoisotopic (exact) mass is 650 g/mol. The highest BCUT2D eigenvalue weighted by atomic mass is 15.1. The third kappa shape index (κ3) is 4.11. The van der Waals surface area contributed by atoms with E-state index >= 15 is 0 Å². The van der Waals surface area contributed by atoms with Crippen molar-refractivity contribution in [2.75, 3.05) is 4.90 Å². The second kappa shape index (κ2) is 11.5. The zero-order valence-corrected chi connectivity index (χ0v) is 28.1. The Bertz CT molecular complexity index is 2650. The quantitative estimate of drug-likeness (QED) is 0.163. The first-order valence-electron chi connectivity index (χ1n) is 17.6. The number of benzene rings is 7. The van der Waals surface area contributed by atoms with E-state index in [-0.39, 0.29) is 0 Å². The summed E-state index contributed by atoms with van der Waals surface area (Å²) in [7, 11) is 0. The first kappa shape index (κ1) is 29.3. The molecule has 0 saturated heterocycles. The molecule has 1 unspecified atom stereocenters. The first-order chi connectivity index (χ1) is 25.3. The van der Waals surface area contributed by atoms with Gasteiger partial charge in [0.05, 0.1) is 22.1 Å². The Labute approximate surface area is 298 Å². The van der Waals surface area contributed by atoms with Crippen molar-refractivity contribution in [3.05, 3.63) is 229 Å². The Kier molecular flexibility index (Phi) is 6.59. The van der Waals surface area contributed by atoms with Crippen LogP contribution in [0.5, 0.6) is 0 Å². The number of hydrogen-bond acceptors (Lipinski definition) is 1. The molecular formula is C49H34N2. The van der Waals surface area contributed by atoms with Crippen molar-refractivity contribution >= 4 is 50.0 Å². The van der Waals surface area contributed by atoms with Gasteiger partial charge in [-0.3, -0.25) is 0 Å². The van der Waals surface area contributed by atoms with Crippen LogP contribution in [0.15, 0.2) is 201 Å². The molecule has 7 aromatic carbocycles. The van der Waals surface area contributed by atoms with Gasteiger partial charge in [-0.1, -0.05) is 152 Å². The van der Waals surface area contributed by atoms with Crippen molar-refractivity contribution in [3.8, 4) is 5.69 Å². The molecule has 2 heteroatoms. The lowest BCUT2D eigenvalue weighted by Crippen LogP contribution is -2.34. The molecule has 0 N–H and O–H groups in total. The van der Waals surface area contributed by atoms with Gasteiger partial charge in [0.2, 0.25) is 0 Å². The van der Waals surface area contributed by atoms with E-state index in [2.05, 4.69) is 204 Å². The van der Waals surface area contributed by atoms with E-state index in [1.165, 1.54) is 66.5 Å². The first-order valence-corrected chi connectivity index (χ1v) is 17.6. The van der Waals surface area contributed by atoms with Gasteiger partial charge in [0.25, 0.3) is 0 Å². The maximum absolute atomic E-state index is 4.07. The van der Waals surface area contributed by atoms with E-state index in [0.29, 0.717) is 0 Å². The van der Waals surface area contributed by atoms with Crippen molar-refractivity contribution in [3.63, 3.8) is 0 Å². The molecule has 1 aromatic heterocycles. The summed E-state index contributed by atoms with van der Waals surface area (Å²) in [4.78, 5) is 2.32. The summed E-state index contributed by atoms with van der Waals surface area (Å²) in [5.74, 6) is 0. The lowest BCUT2D eigenvalue weighted by molar-refractivity contribution is 0.789. The van der Waals surface area contributed by atoms with Crippen LogP contribution in [0, 0.1) is 0 Å². The number of anilines is 3. The summed E-state index contributed by atoms with van der Waals surface area (Å²) in [5.41, 5.74) is 15.4. The highest BCUT2D eigenvalue weighted by Crippen LogP contribution is 2.63. The minimum atomic E-state index is -0.558. The van der Waals surface area contributed by atoms with E-state index in [9.17, 15) is 0 Å². The van der Waals surface area contributed by atoms with E-state index in [1.807, 2.05) is 6.08 Å². The number of aromatic nitrogens is 1. The number of hydrogen-bond donors (Lipinski definition) is 0. The van der Waals surface area contributed by atoms with Crippen LogP contribution in [-0.2, 0) is 5.41 Å². The summed E-state index contributed by atoms with van der Waals surface area (Å²) in [5, 5.41) is 2.55. The molecule has 1 aliphatic carbocycles. The highest BCUT2D eigenvalue weighted by Gasteiger charge is 2.52. The Balaban J connectivity index is 1.29. The molecule has 1 atom stereocenters. The predicted octanol–water partition coefficient (Wildman–Crippen LogP) is 12.6. The molecule has 0 fully saturated rings. The second-order valence-corrected chi connectivity index (χ2v) is 13.3. The largest absolute Gasteiger partial charge is 0.311 e. The fourth-order valence-corrected chi connectivity index (χ4v) is 8.87. The summed E-state index contributed by atoms with van der Waals surface area (Å²) in [6.07, 6.45) is 6.22. The summed E-state index contributed by atoms with van der Waals surface area (Å²) < 4.78 is 2.50. The van der Waals surface area contributed by atoms with E-state index in [1.54, 1.807) is 0 Å². The van der Waals surface area contributed by atoms with Crippen LogP contribution in [-0.4, -0.2) is 4.57 Å². The molecule has 1 aliphatic heterocycles. The fraction of sp³-hybridized carbons (Fsp3) is 0.0204. The molecule has 2 nitrogen and oxygen atoms in total. The van der Waals surface area contributed by atoms with Crippen molar-refractivity contribution in [1.29, 1.82) is 0 Å². The SMILES string of the molecule is C=C/C=C\C1=C(c2ccc(N(c3ccccc3)c3ccccc3)cc2)C2(c3ccccc31)c1ccccc1-n1c3ccccc3c3cccc2c31. The Morgan fingerprint density at radius 1 is 0.510 bits per heavy atom. The Hall–Kier alpha value is -6.64. The van der Waals surface area contributed by atoms with Crippen molar-refractivity contribution in [2.24, 2.45) is 0 Å². The molecule has 0 amide bonds. The lowest BCUT2D eigenvalue weighted by atomic mass is 9.63. The van der Waals surface area contributed by atoms with Gasteiger partial charge in [-0.15, -0.1) is 0 Å². The van der Waals surface area contributed by atoms with E-state index in [0.717, 1.165) is 17.1 Å². The minimum Gasteiger partial charge on any atom is -0.311 e. The van der Waals surface area contributed by atoms with Gasteiger partial charge >= 0.3 is 0 Å². The third-order valence-corrected chi connectivity index (χ3v) is 10.8. The average Bonchev–Trinajstić information content (AvgIpc) is 3.69. The summed E-state index contributed by atoms with van der Waals surface area (Å²) in [6.45, 7) is 4.07. The Morgan fingerprint density at radius 2 is 1.10 bits per heavy atom. The van der Waals surface area contributed by atoms with Gasteiger partial charge in [-0.2, -0.15) is 0 Å². The van der Waals surface area contributed by atoms with Crippen LogP contribution in [0.3, 0.4) is 0 Å². The number of nitrogens with zero attached hydrogens (tertiary/aromatic N) is 2. The van der Waals surface area contributed by atoms with Crippen molar-refractivity contribution in [2.45, 2.75) is 5.41 Å². The van der Waals surface area contributed by atoms with Gasteiger partial charge in [0, 0.05) is 27.8 Å². The zero-order chi connectivity index (χ0) is 33.9. The topological polar surface area (TPSA) is 8.17 Å². The maximum Gasteiger partial charge on any atom is 0.0760 e. The van der Waals surface area contributed by atoms with Crippen LogP contribution < -0.4 is 4.90 Å². The van der Waals surface area contributed by atoms with Crippen molar-refractivity contribution in [1.82, 2.24) is 4.57 Å². The smallest absolute Gasteiger partial charge is 0.0760 e. The Morgan fingerprint density at radius 3 is 1.84 bits per heavy atom. The highest BCUT2D eigenvalue weighted by molar-refractivity contribution is 6.16. The third-order valence-electron chi connectivity index (χ3n) is 10.8. The standard InChI is InChI=1S/C49H34N2/c1-2-3-21-40-38-22-10-12-25-42(38)49(43-26-13-15-29-46(43)51-45-28-14-11-23-39(45)41-24-16-27-44(49)48(41)51)47(40)34-30-32-37(33-31-34)50(35-17-6-4-7-18-35)36-19-8-5-9-20-36/h2-33H,1H2/b21-3-. The molecule has 1 spiro atoms. The lowest BCUT2D eigenvalue weighted by Gasteiger charge is -2.41. The number of fused-ring (bicyclic) bond motifs is 9. The van der Waals surface area contributed by atoms with Gasteiger partial charge in [-0.05, 0) is 87.5 Å². The number of para-hydroxylation sites is 5. The molecular weight excluding hydrogens is 617 g/mol. The molecule has 0 saturated carbocycles. The minimum absolute atomic E-state index is 0.558. The van der Waals surface area contributed by atoms with E-state index < -0.39 is 5.41 Å². The second-order valence-electron chi connectivity index (χ2n) is 13.3. The summed E-state index contributed by atoms with van der Waals surface area (Å²) >= 11 is 0. The normalized spacial score (nSPS) is 15.8. The molecule has 10 rings (SSSR count). The van der Waals surface area contributed by atoms with Gasteiger partial charge in [0.15, 0.2) is 0 Å². The van der Waals surface area contributed by atoms with Crippen LogP contribution in [0.4, 0.5) is 17.1 Å². The zero-order valence-electron chi connectivity index (χ0n) is 28.1. The van der Waals surface area contributed by atoms with Gasteiger partial charge in [-0.25, -0.2) is 0 Å². The number of rotatable bonds is 6. The molecule has 2 heterocycles. The van der Waals surface area contributed by atoms with Crippen molar-refractivity contribution < 1.29 is 0 Å². The van der Waals surface area contributed by atoms with Gasteiger partial charge < -0.3 is 9.47 Å². The maximum atomic E-state index is 4.07. The van der Waals surface area contributed by atoms with Crippen LogP contribution in [0.1, 0.15) is 27.8 Å². The molecule has 8 aromatic rings. The fourth-order valence-electron chi connectivity index (χ4n) is 8.87. The molecule has 0 bridgehead atoms. The van der Waals surface area contributed by atoms with Gasteiger partial charge in [0.1, 0.15) is 0 Å². The van der Waals surface area contributed by atoms with Crippen LogP contribution in [0.2, 0.25) is 0 Å². The summed E-state index contributed by atoms with van der Waals surface area (Å²) in [6, 6.07) is 64.2. The molecule has 51 heavy (non-hydrogen) atoms. The van der Waals surface area contributed by atoms with Crippen LogP contribution >= 0.6 is 0 Å². The van der Waals surface area contributed by atoms with Crippen LogP contribution in [0.25, 0.3) is 38.6 Å². The van der Waals surface area contributed by atoms with E-state index in [4.69, 9.17) is 0 Å². The molecule has 0 radical (unpaired) electrons. The molecule has 240 valence electrons. The molecule has 2 aliphatic rings.